The number of H-pyrrole nitrogens is 1. The molecule has 3 heterocycles. The molecule has 4 aromatic rings. The molecule has 0 atom stereocenters. The summed E-state index contributed by atoms with van der Waals surface area (Å²) >= 11 is 0. The van der Waals surface area contributed by atoms with Gasteiger partial charge >= 0.3 is 11.7 Å². The van der Waals surface area contributed by atoms with Gasteiger partial charge < -0.3 is 26.1 Å². The van der Waals surface area contributed by atoms with Crippen molar-refractivity contribution >= 4 is 28.5 Å². The molecule has 36 heavy (non-hydrogen) atoms. The summed E-state index contributed by atoms with van der Waals surface area (Å²) in [6.07, 6.45) is 7.53. The Kier molecular flexibility index (Phi) is 7.13. The van der Waals surface area contributed by atoms with Crippen molar-refractivity contribution < 1.29 is 4.74 Å². The normalized spacial score (nSPS) is 13.6. The highest BCUT2D eigenvalue weighted by Crippen LogP contribution is 2.21. The van der Waals surface area contributed by atoms with E-state index in [1.165, 1.54) is 29.4 Å². The smallest absolute Gasteiger partial charge is 0.328 e. The number of nitrogens with two attached hydrogens (primary N) is 1. The molecule has 0 amide bonds. The fourth-order valence-electron chi connectivity index (χ4n) is 4.05. The van der Waals surface area contributed by atoms with Gasteiger partial charge in [0.15, 0.2) is 11.5 Å². The van der Waals surface area contributed by atoms with Gasteiger partial charge in [0.1, 0.15) is 11.3 Å². The molecule has 10 nitrogen and oxygen atoms in total. The first kappa shape index (κ1) is 23.8. The molecule has 1 aromatic carbocycles. The SMILES string of the molecule is CCCCOc1nc(N)c2[nH]c(=O)n(Cc3ccc(Nc4ccc(CNC5CCC5)cc4)nc3)c2n1. The van der Waals surface area contributed by atoms with Gasteiger partial charge in [0.2, 0.25) is 0 Å². The minimum absolute atomic E-state index is 0.170. The molecule has 10 heteroatoms. The molecule has 1 aliphatic rings. The zero-order valence-corrected chi connectivity index (χ0v) is 20.5. The Bertz CT molecular complexity index is 1360. The molecular weight excluding hydrogens is 456 g/mol. The highest BCUT2D eigenvalue weighted by atomic mass is 16.5. The lowest BCUT2D eigenvalue weighted by Crippen LogP contribution is -2.34. The number of nitrogens with zero attached hydrogens (tertiary/aromatic N) is 4. The number of hydrogen-bond acceptors (Lipinski definition) is 8. The van der Waals surface area contributed by atoms with Gasteiger partial charge in [0.05, 0.1) is 13.2 Å². The Morgan fingerprint density at radius 3 is 2.64 bits per heavy atom. The average molecular weight is 489 g/mol. The van der Waals surface area contributed by atoms with Crippen molar-refractivity contribution in [2.45, 2.75) is 58.2 Å². The van der Waals surface area contributed by atoms with Crippen LogP contribution in [0.1, 0.15) is 50.2 Å². The van der Waals surface area contributed by atoms with Crippen molar-refractivity contribution in [3.05, 3.63) is 64.2 Å². The summed E-state index contributed by atoms with van der Waals surface area (Å²) in [7, 11) is 0. The molecule has 0 spiro atoms. The van der Waals surface area contributed by atoms with Crippen LogP contribution >= 0.6 is 0 Å². The summed E-state index contributed by atoms with van der Waals surface area (Å²) in [5.41, 5.74) is 9.63. The summed E-state index contributed by atoms with van der Waals surface area (Å²) < 4.78 is 7.12. The van der Waals surface area contributed by atoms with Crippen LogP contribution in [0.25, 0.3) is 11.2 Å². The monoisotopic (exact) mass is 488 g/mol. The lowest BCUT2D eigenvalue weighted by atomic mass is 9.93. The number of pyridine rings is 1. The third-order valence-corrected chi connectivity index (χ3v) is 6.45. The Balaban J connectivity index is 1.24. The predicted molar refractivity (Wildman–Crippen MR) is 141 cm³/mol. The van der Waals surface area contributed by atoms with Gasteiger partial charge in [-0.3, -0.25) is 4.57 Å². The first-order chi connectivity index (χ1) is 17.6. The molecule has 0 bridgehead atoms. The molecular formula is C26H32N8O2. The third-order valence-electron chi connectivity index (χ3n) is 6.45. The fraction of sp³-hybridized carbons (Fsp3) is 0.385. The molecule has 0 saturated heterocycles. The van der Waals surface area contributed by atoms with Crippen LogP contribution in [0.15, 0.2) is 47.4 Å². The van der Waals surface area contributed by atoms with E-state index in [1.54, 1.807) is 6.20 Å². The van der Waals surface area contributed by atoms with Crippen LogP contribution in [0.4, 0.5) is 17.3 Å². The number of unbranched alkanes of at least 4 members (excludes halogenated alkanes) is 1. The number of nitrogens with one attached hydrogen (secondary N) is 3. The van der Waals surface area contributed by atoms with Crippen LogP contribution in [0.3, 0.4) is 0 Å². The molecule has 3 aromatic heterocycles. The second kappa shape index (κ2) is 10.8. The standard InChI is InChI=1S/C26H32N8O2/c1-2-3-13-36-25-32-23(27)22-24(33-25)34(26(35)31-22)16-18-9-12-21(29-15-18)30-20-10-7-17(8-11-20)14-28-19-5-4-6-19/h7-12,15,19,28H,2-6,13-14,16H2,1H3,(H,29,30)(H,31,35)(H2,27,32,33). The van der Waals surface area contributed by atoms with Crippen LogP contribution < -0.4 is 26.8 Å². The van der Waals surface area contributed by atoms with E-state index in [4.69, 9.17) is 10.5 Å². The van der Waals surface area contributed by atoms with Gasteiger partial charge in [0, 0.05) is 24.5 Å². The molecule has 1 fully saturated rings. The Labute approximate surface area is 209 Å². The minimum Gasteiger partial charge on any atom is -0.463 e. The number of aromatic nitrogens is 5. The molecule has 0 aliphatic heterocycles. The molecule has 5 rings (SSSR count). The van der Waals surface area contributed by atoms with E-state index in [-0.39, 0.29) is 17.5 Å². The van der Waals surface area contributed by atoms with Crippen LogP contribution in [-0.2, 0) is 13.1 Å². The maximum absolute atomic E-state index is 12.6. The van der Waals surface area contributed by atoms with Crippen LogP contribution in [0, 0.1) is 0 Å². The number of rotatable bonds is 11. The number of fused-ring (bicyclic) bond motifs is 1. The van der Waals surface area contributed by atoms with Crippen molar-refractivity contribution in [3.63, 3.8) is 0 Å². The molecule has 1 saturated carbocycles. The van der Waals surface area contributed by atoms with Gasteiger partial charge in [-0.05, 0) is 48.6 Å². The third kappa shape index (κ3) is 5.49. The van der Waals surface area contributed by atoms with Crippen molar-refractivity contribution in [1.82, 2.24) is 29.8 Å². The van der Waals surface area contributed by atoms with E-state index < -0.39 is 0 Å². The lowest BCUT2D eigenvalue weighted by molar-refractivity contribution is 0.286. The molecule has 0 radical (unpaired) electrons. The van der Waals surface area contributed by atoms with Gasteiger partial charge in [0.25, 0.3) is 0 Å². The van der Waals surface area contributed by atoms with E-state index in [9.17, 15) is 4.79 Å². The minimum atomic E-state index is -0.314. The predicted octanol–water partition coefficient (Wildman–Crippen LogP) is 3.71. The van der Waals surface area contributed by atoms with Crippen LogP contribution in [0.5, 0.6) is 6.01 Å². The van der Waals surface area contributed by atoms with E-state index in [0.717, 1.165) is 36.5 Å². The number of anilines is 3. The first-order valence-corrected chi connectivity index (χ1v) is 12.5. The summed E-state index contributed by atoms with van der Waals surface area (Å²) in [5.74, 6) is 0.911. The topological polar surface area (TPSA) is 136 Å². The van der Waals surface area contributed by atoms with Gasteiger partial charge in [-0.15, -0.1) is 0 Å². The van der Waals surface area contributed by atoms with E-state index in [1.807, 2.05) is 12.1 Å². The largest absolute Gasteiger partial charge is 0.463 e. The number of hydrogen-bond donors (Lipinski definition) is 4. The zero-order chi connectivity index (χ0) is 24.9. The Hall–Kier alpha value is -3.92. The number of aromatic amines is 1. The fourth-order valence-corrected chi connectivity index (χ4v) is 4.05. The van der Waals surface area contributed by atoms with Crippen molar-refractivity contribution in [2.75, 3.05) is 17.7 Å². The quantitative estimate of drug-likeness (QED) is 0.235. The highest BCUT2D eigenvalue weighted by molar-refractivity contribution is 5.82. The number of imidazole rings is 1. The Morgan fingerprint density at radius 2 is 1.94 bits per heavy atom. The van der Waals surface area contributed by atoms with E-state index >= 15 is 0 Å². The van der Waals surface area contributed by atoms with Crippen LogP contribution in [0.2, 0.25) is 0 Å². The van der Waals surface area contributed by atoms with Gasteiger partial charge in [-0.2, -0.15) is 9.97 Å². The van der Waals surface area contributed by atoms with E-state index in [2.05, 4.69) is 61.8 Å². The van der Waals surface area contributed by atoms with Gasteiger partial charge in [-0.25, -0.2) is 9.78 Å². The molecule has 1 aliphatic carbocycles. The maximum atomic E-state index is 12.6. The Morgan fingerprint density at radius 1 is 1.14 bits per heavy atom. The first-order valence-electron chi connectivity index (χ1n) is 12.5. The van der Waals surface area contributed by atoms with Crippen molar-refractivity contribution in [3.8, 4) is 6.01 Å². The van der Waals surface area contributed by atoms with Crippen LogP contribution in [-0.4, -0.2) is 37.2 Å². The highest BCUT2D eigenvalue weighted by Gasteiger charge is 2.16. The number of nitrogen functional groups attached to an aromatic ring is 1. The van der Waals surface area contributed by atoms with E-state index in [0.29, 0.717) is 30.4 Å². The second-order valence-electron chi connectivity index (χ2n) is 9.19. The summed E-state index contributed by atoms with van der Waals surface area (Å²) in [4.78, 5) is 28.4. The number of ether oxygens (including phenoxy) is 1. The van der Waals surface area contributed by atoms with Crippen molar-refractivity contribution in [2.24, 2.45) is 0 Å². The molecule has 0 unspecified atom stereocenters. The summed E-state index contributed by atoms with van der Waals surface area (Å²) in [6, 6.07) is 13.0. The van der Waals surface area contributed by atoms with Gasteiger partial charge in [-0.1, -0.05) is 38.0 Å². The van der Waals surface area contributed by atoms with Crippen molar-refractivity contribution in [1.29, 1.82) is 0 Å². The molecule has 188 valence electrons. The average Bonchev–Trinajstić information content (AvgIpc) is 3.16. The lowest BCUT2D eigenvalue weighted by Gasteiger charge is -2.26. The number of benzene rings is 1. The second-order valence-corrected chi connectivity index (χ2v) is 9.19. The molecule has 5 N–H and O–H groups in total. The summed E-state index contributed by atoms with van der Waals surface area (Å²) in [6.45, 7) is 3.76. The zero-order valence-electron chi connectivity index (χ0n) is 20.5. The maximum Gasteiger partial charge on any atom is 0.328 e. The summed E-state index contributed by atoms with van der Waals surface area (Å²) in [5, 5.41) is 6.90.